The zero-order chi connectivity index (χ0) is 14.3. The highest BCUT2D eigenvalue weighted by Gasteiger charge is 2.12. The Kier molecular flexibility index (Phi) is 3.57. The SMILES string of the molecule is Cc1cc2ncn(-c3c(Cl)cccc3CBr)c2cc1C. The molecule has 0 bridgehead atoms. The average molecular weight is 350 g/mol. The normalized spacial score (nSPS) is 11.2. The van der Waals surface area contributed by atoms with Crippen LogP contribution in [0.4, 0.5) is 0 Å². The van der Waals surface area contributed by atoms with E-state index in [1.807, 2.05) is 18.5 Å². The summed E-state index contributed by atoms with van der Waals surface area (Å²) in [6.07, 6.45) is 1.84. The zero-order valence-electron chi connectivity index (χ0n) is 11.3. The molecule has 0 aliphatic rings. The molecule has 3 aromatic rings. The Morgan fingerprint density at radius 3 is 2.70 bits per heavy atom. The van der Waals surface area contributed by atoms with Crippen molar-refractivity contribution in [2.45, 2.75) is 19.2 Å². The van der Waals surface area contributed by atoms with E-state index in [1.54, 1.807) is 0 Å². The van der Waals surface area contributed by atoms with Crippen molar-refractivity contribution >= 4 is 38.6 Å². The summed E-state index contributed by atoms with van der Waals surface area (Å²) in [4.78, 5) is 4.50. The lowest BCUT2D eigenvalue weighted by molar-refractivity contribution is 1.07. The molecular weight excluding hydrogens is 336 g/mol. The molecule has 2 nitrogen and oxygen atoms in total. The molecule has 102 valence electrons. The van der Waals surface area contributed by atoms with Gasteiger partial charge in [0.25, 0.3) is 0 Å². The fourth-order valence-electron chi connectivity index (χ4n) is 2.38. The molecule has 0 spiro atoms. The van der Waals surface area contributed by atoms with Crippen LogP contribution < -0.4 is 0 Å². The van der Waals surface area contributed by atoms with E-state index in [0.717, 1.165) is 32.6 Å². The standard InChI is InChI=1S/C16H14BrClN2/c1-10-6-14-15(7-11(10)2)20(9-19-14)16-12(8-17)4-3-5-13(16)18/h3-7,9H,8H2,1-2H3. The van der Waals surface area contributed by atoms with Crippen LogP contribution in [0.1, 0.15) is 16.7 Å². The van der Waals surface area contributed by atoms with Crippen LogP contribution in [-0.4, -0.2) is 9.55 Å². The highest BCUT2D eigenvalue weighted by atomic mass is 79.9. The minimum Gasteiger partial charge on any atom is -0.297 e. The highest BCUT2D eigenvalue weighted by molar-refractivity contribution is 9.08. The Hall–Kier alpha value is -1.32. The minimum atomic E-state index is 0.736. The second-order valence-corrected chi connectivity index (χ2v) is 5.89. The molecule has 0 amide bonds. The van der Waals surface area contributed by atoms with Crippen LogP contribution in [0.15, 0.2) is 36.7 Å². The van der Waals surface area contributed by atoms with Crippen LogP contribution in [-0.2, 0) is 5.33 Å². The van der Waals surface area contributed by atoms with Crippen LogP contribution in [0.2, 0.25) is 5.02 Å². The number of hydrogen-bond donors (Lipinski definition) is 0. The minimum absolute atomic E-state index is 0.736. The van der Waals surface area contributed by atoms with E-state index >= 15 is 0 Å². The maximum atomic E-state index is 6.40. The molecule has 0 fully saturated rings. The largest absolute Gasteiger partial charge is 0.297 e. The summed E-state index contributed by atoms with van der Waals surface area (Å²) < 4.78 is 2.07. The second-order valence-electron chi connectivity index (χ2n) is 4.92. The maximum absolute atomic E-state index is 6.40. The summed E-state index contributed by atoms with van der Waals surface area (Å²) in [7, 11) is 0. The van der Waals surface area contributed by atoms with Gasteiger partial charge in [-0.3, -0.25) is 4.57 Å². The van der Waals surface area contributed by atoms with Gasteiger partial charge in [0.15, 0.2) is 0 Å². The number of aromatic nitrogens is 2. The number of fused-ring (bicyclic) bond motifs is 1. The molecule has 0 saturated heterocycles. The summed E-state index contributed by atoms with van der Waals surface area (Å²) >= 11 is 9.93. The molecule has 0 radical (unpaired) electrons. The van der Waals surface area contributed by atoms with Crippen molar-refractivity contribution < 1.29 is 0 Å². The Labute approximate surface area is 131 Å². The molecule has 1 heterocycles. The van der Waals surface area contributed by atoms with Gasteiger partial charge in [-0.25, -0.2) is 4.98 Å². The molecule has 0 unspecified atom stereocenters. The summed E-state index contributed by atoms with van der Waals surface area (Å²) in [5.74, 6) is 0. The van der Waals surface area contributed by atoms with Gasteiger partial charge in [-0.05, 0) is 48.7 Å². The Morgan fingerprint density at radius 2 is 1.95 bits per heavy atom. The summed E-state index contributed by atoms with van der Waals surface area (Å²) in [5, 5.41) is 1.49. The number of hydrogen-bond acceptors (Lipinski definition) is 1. The second kappa shape index (κ2) is 5.23. The van der Waals surface area contributed by atoms with Crippen LogP contribution in [0.25, 0.3) is 16.7 Å². The predicted molar refractivity (Wildman–Crippen MR) is 88.2 cm³/mol. The lowest BCUT2D eigenvalue weighted by Gasteiger charge is -2.12. The first-order valence-corrected chi connectivity index (χ1v) is 7.90. The molecule has 3 rings (SSSR count). The Morgan fingerprint density at radius 1 is 1.20 bits per heavy atom. The number of nitrogens with zero attached hydrogens (tertiary/aromatic N) is 2. The first-order chi connectivity index (χ1) is 9.61. The number of halogens is 2. The van der Waals surface area contributed by atoms with E-state index in [-0.39, 0.29) is 0 Å². The maximum Gasteiger partial charge on any atom is 0.100 e. The van der Waals surface area contributed by atoms with Gasteiger partial charge < -0.3 is 0 Å². The molecular formula is C16H14BrClN2. The van der Waals surface area contributed by atoms with Gasteiger partial charge in [0.2, 0.25) is 0 Å². The third kappa shape index (κ3) is 2.15. The van der Waals surface area contributed by atoms with Gasteiger partial charge >= 0.3 is 0 Å². The fourth-order valence-corrected chi connectivity index (χ4v) is 3.12. The number of rotatable bonds is 2. The Bertz CT molecular complexity index is 793. The van der Waals surface area contributed by atoms with Gasteiger partial charge in [-0.2, -0.15) is 0 Å². The molecule has 0 atom stereocenters. The van der Waals surface area contributed by atoms with E-state index in [4.69, 9.17) is 11.6 Å². The van der Waals surface area contributed by atoms with Crippen LogP contribution in [0, 0.1) is 13.8 Å². The van der Waals surface area contributed by atoms with Gasteiger partial charge in [-0.15, -0.1) is 0 Å². The number of alkyl halides is 1. The molecule has 0 saturated carbocycles. The van der Waals surface area contributed by atoms with E-state index < -0.39 is 0 Å². The van der Waals surface area contributed by atoms with Gasteiger partial charge in [0.05, 0.1) is 21.7 Å². The highest BCUT2D eigenvalue weighted by Crippen LogP contribution is 2.30. The lowest BCUT2D eigenvalue weighted by atomic mass is 10.1. The summed E-state index contributed by atoms with van der Waals surface area (Å²) in [6.45, 7) is 4.22. The van der Waals surface area contributed by atoms with Crippen molar-refractivity contribution in [3.05, 3.63) is 58.4 Å². The first kappa shape index (κ1) is 13.7. The van der Waals surface area contributed by atoms with Gasteiger partial charge in [0, 0.05) is 5.33 Å². The molecule has 4 heteroatoms. The summed E-state index contributed by atoms with van der Waals surface area (Å²) in [5.41, 5.74) is 6.73. The van der Waals surface area contributed by atoms with Crippen molar-refractivity contribution in [2.75, 3.05) is 0 Å². The number of aryl methyl sites for hydroxylation is 2. The lowest BCUT2D eigenvalue weighted by Crippen LogP contribution is -1.98. The van der Waals surface area contributed by atoms with E-state index in [1.165, 1.54) is 11.1 Å². The first-order valence-electron chi connectivity index (χ1n) is 6.40. The van der Waals surface area contributed by atoms with Crippen LogP contribution in [0.5, 0.6) is 0 Å². The fraction of sp³-hybridized carbons (Fsp3) is 0.188. The van der Waals surface area contributed by atoms with Gasteiger partial charge in [-0.1, -0.05) is 39.7 Å². The van der Waals surface area contributed by atoms with E-state index in [2.05, 4.69) is 57.5 Å². The molecule has 0 aliphatic heterocycles. The average Bonchev–Trinajstić information content (AvgIpc) is 2.81. The van der Waals surface area contributed by atoms with Crippen molar-refractivity contribution in [1.29, 1.82) is 0 Å². The molecule has 1 aromatic heterocycles. The number of para-hydroxylation sites is 1. The van der Waals surface area contributed by atoms with Crippen molar-refractivity contribution in [3.63, 3.8) is 0 Å². The summed E-state index contributed by atoms with van der Waals surface area (Å²) in [6, 6.07) is 10.2. The van der Waals surface area contributed by atoms with Gasteiger partial charge in [0.1, 0.15) is 6.33 Å². The van der Waals surface area contributed by atoms with Crippen LogP contribution in [0.3, 0.4) is 0 Å². The van der Waals surface area contributed by atoms with Crippen molar-refractivity contribution in [1.82, 2.24) is 9.55 Å². The van der Waals surface area contributed by atoms with Crippen molar-refractivity contribution in [3.8, 4) is 5.69 Å². The molecule has 0 aliphatic carbocycles. The quantitative estimate of drug-likeness (QED) is 0.582. The van der Waals surface area contributed by atoms with E-state index in [0.29, 0.717) is 0 Å². The molecule has 2 aromatic carbocycles. The monoisotopic (exact) mass is 348 g/mol. The topological polar surface area (TPSA) is 17.8 Å². The third-order valence-corrected chi connectivity index (χ3v) is 4.53. The predicted octanol–water partition coefficient (Wildman–Crippen LogP) is 5.19. The Balaban J connectivity index is 2.33. The smallest absolute Gasteiger partial charge is 0.100 e. The third-order valence-electron chi connectivity index (χ3n) is 3.62. The van der Waals surface area contributed by atoms with Crippen LogP contribution >= 0.6 is 27.5 Å². The number of benzene rings is 2. The van der Waals surface area contributed by atoms with Crippen molar-refractivity contribution in [2.24, 2.45) is 0 Å². The van der Waals surface area contributed by atoms with E-state index in [9.17, 15) is 0 Å². The number of imidazole rings is 1. The zero-order valence-corrected chi connectivity index (χ0v) is 13.7. The molecule has 20 heavy (non-hydrogen) atoms. The molecule has 0 N–H and O–H groups in total.